The number of hydrogen-bond donors (Lipinski definition) is 2. The summed E-state index contributed by atoms with van der Waals surface area (Å²) in [6.07, 6.45) is 3.72. The van der Waals surface area contributed by atoms with Crippen molar-refractivity contribution in [3.8, 4) is 0 Å². The van der Waals surface area contributed by atoms with Crippen LogP contribution in [0.2, 0.25) is 0 Å². The highest BCUT2D eigenvalue weighted by molar-refractivity contribution is 5.84. The molecule has 0 unspecified atom stereocenters. The number of fused-ring (bicyclic) bond motifs is 1. The summed E-state index contributed by atoms with van der Waals surface area (Å²) in [5, 5.41) is 4.87. The number of rotatable bonds is 4. The molecule has 0 saturated carbocycles. The third-order valence-electron chi connectivity index (χ3n) is 4.36. The van der Waals surface area contributed by atoms with Crippen LogP contribution in [0.25, 0.3) is 10.9 Å². The average Bonchev–Trinajstić information content (AvgIpc) is 2.65. The van der Waals surface area contributed by atoms with E-state index >= 15 is 0 Å². The van der Waals surface area contributed by atoms with Crippen LogP contribution in [0.15, 0.2) is 24.3 Å². The Bertz CT molecular complexity index is 550. The van der Waals surface area contributed by atoms with E-state index in [1.54, 1.807) is 0 Å². The SMILES string of the molecule is Cc1[nH]c2ccccc2c1CCCN1CCCNCC1. The van der Waals surface area contributed by atoms with Crippen LogP contribution in [0.4, 0.5) is 0 Å². The standard InChI is InChI=1S/C17H25N3/c1-14-15(16-6-2-3-8-17(16)19-14)7-4-11-20-12-5-9-18-10-13-20/h2-3,6,8,18-19H,4-5,7,9-13H2,1H3. The van der Waals surface area contributed by atoms with E-state index in [1.165, 1.54) is 67.6 Å². The number of aryl methyl sites for hydroxylation is 2. The molecule has 0 aliphatic carbocycles. The molecule has 20 heavy (non-hydrogen) atoms. The topological polar surface area (TPSA) is 31.1 Å². The Morgan fingerprint density at radius 1 is 1.15 bits per heavy atom. The summed E-state index contributed by atoms with van der Waals surface area (Å²) in [4.78, 5) is 6.10. The van der Waals surface area contributed by atoms with Crippen LogP contribution < -0.4 is 5.32 Å². The van der Waals surface area contributed by atoms with E-state index in [9.17, 15) is 0 Å². The van der Waals surface area contributed by atoms with Crippen molar-refractivity contribution >= 4 is 10.9 Å². The number of aromatic nitrogens is 1. The minimum absolute atomic E-state index is 1.14. The molecule has 0 bridgehead atoms. The number of nitrogens with zero attached hydrogens (tertiary/aromatic N) is 1. The Kier molecular flexibility index (Phi) is 4.38. The summed E-state index contributed by atoms with van der Waals surface area (Å²) in [6.45, 7) is 8.20. The molecule has 2 N–H and O–H groups in total. The van der Waals surface area contributed by atoms with E-state index in [2.05, 4.69) is 46.4 Å². The molecule has 2 heterocycles. The minimum atomic E-state index is 1.14. The molecule has 0 atom stereocenters. The van der Waals surface area contributed by atoms with Crippen LogP contribution in [-0.4, -0.2) is 42.6 Å². The van der Waals surface area contributed by atoms with Crippen LogP contribution in [0.3, 0.4) is 0 Å². The van der Waals surface area contributed by atoms with Gasteiger partial charge in [0.05, 0.1) is 0 Å². The maximum Gasteiger partial charge on any atom is 0.0458 e. The van der Waals surface area contributed by atoms with Crippen molar-refractivity contribution in [3.05, 3.63) is 35.5 Å². The first-order valence-electron chi connectivity index (χ1n) is 7.84. The van der Waals surface area contributed by atoms with Crippen molar-refractivity contribution < 1.29 is 0 Å². The van der Waals surface area contributed by atoms with Gasteiger partial charge in [0.25, 0.3) is 0 Å². The predicted octanol–water partition coefficient (Wildman–Crippen LogP) is 2.70. The Labute approximate surface area is 121 Å². The fraction of sp³-hybridized carbons (Fsp3) is 0.529. The lowest BCUT2D eigenvalue weighted by Gasteiger charge is -2.19. The number of nitrogens with one attached hydrogen (secondary N) is 2. The third-order valence-corrected chi connectivity index (χ3v) is 4.36. The molecule has 1 saturated heterocycles. The van der Waals surface area contributed by atoms with Gasteiger partial charge in [-0.3, -0.25) is 0 Å². The van der Waals surface area contributed by atoms with Gasteiger partial charge in [0, 0.05) is 29.7 Å². The largest absolute Gasteiger partial charge is 0.358 e. The molecule has 0 spiro atoms. The smallest absolute Gasteiger partial charge is 0.0458 e. The van der Waals surface area contributed by atoms with Gasteiger partial charge < -0.3 is 15.2 Å². The van der Waals surface area contributed by atoms with E-state index in [0.717, 1.165) is 6.54 Å². The van der Waals surface area contributed by atoms with Gasteiger partial charge in [-0.1, -0.05) is 18.2 Å². The maximum atomic E-state index is 3.50. The highest BCUT2D eigenvalue weighted by Crippen LogP contribution is 2.23. The van der Waals surface area contributed by atoms with E-state index in [0.29, 0.717) is 0 Å². The highest BCUT2D eigenvalue weighted by Gasteiger charge is 2.10. The lowest BCUT2D eigenvalue weighted by molar-refractivity contribution is 0.289. The zero-order chi connectivity index (χ0) is 13.8. The van der Waals surface area contributed by atoms with Gasteiger partial charge in [-0.05, 0) is 57.5 Å². The van der Waals surface area contributed by atoms with Gasteiger partial charge in [0.1, 0.15) is 0 Å². The van der Waals surface area contributed by atoms with Crippen LogP contribution in [0, 0.1) is 6.92 Å². The zero-order valence-corrected chi connectivity index (χ0v) is 12.4. The summed E-state index contributed by atoms with van der Waals surface area (Å²) in [6, 6.07) is 8.65. The van der Waals surface area contributed by atoms with Crippen molar-refractivity contribution in [1.82, 2.24) is 15.2 Å². The van der Waals surface area contributed by atoms with E-state index in [4.69, 9.17) is 0 Å². The van der Waals surface area contributed by atoms with E-state index < -0.39 is 0 Å². The van der Waals surface area contributed by atoms with Gasteiger partial charge in [0.2, 0.25) is 0 Å². The molecule has 108 valence electrons. The maximum absolute atomic E-state index is 3.50. The predicted molar refractivity (Wildman–Crippen MR) is 85.3 cm³/mol. The van der Waals surface area contributed by atoms with Crippen LogP contribution in [0.1, 0.15) is 24.1 Å². The molecule has 3 heteroatoms. The Morgan fingerprint density at radius 3 is 3.00 bits per heavy atom. The number of H-pyrrole nitrogens is 1. The fourth-order valence-electron chi connectivity index (χ4n) is 3.26. The van der Waals surface area contributed by atoms with Gasteiger partial charge in [-0.2, -0.15) is 0 Å². The number of benzene rings is 1. The molecule has 1 fully saturated rings. The van der Waals surface area contributed by atoms with Gasteiger partial charge in [-0.15, -0.1) is 0 Å². The second-order valence-corrected chi connectivity index (χ2v) is 5.82. The first-order valence-corrected chi connectivity index (χ1v) is 7.84. The van der Waals surface area contributed by atoms with Gasteiger partial charge >= 0.3 is 0 Å². The van der Waals surface area contributed by atoms with Crippen LogP contribution in [-0.2, 0) is 6.42 Å². The molecular weight excluding hydrogens is 246 g/mol. The van der Waals surface area contributed by atoms with Gasteiger partial charge in [0.15, 0.2) is 0 Å². The molecular formula is C17H25N3. The molecule has 1 aromatic heterocycles. The van der Waals surface area contributed by atoms with Crippen molar-refractivity contribution in [1.29, 1.82) is 0 Å². The van der Waals surface area contributed by atoms with Crippen molar-refractivity contribution in [3.63, 3.8) is 0 Å². The number of aromatic amines is 1. The Morgan fingerprint density at radius 2 is 2.05 bits per heavy atom. The second-order valence-electron chi connectivity index (χ2n) is 5.82. The van der Waals surface area contributed by atoms with Crippen LogP contribution >= 0.6 is 0 Å². The lowest BCUT2D eigenvalue weighted by atomic mass is 10.1. The monoisotopic (exact) mass is 271 g/mol. The second kappa shape index (κ2) is 6.42. The van der Waals surface area contributed by atoms with Crippen molar-refractivity contribution in [2.45, 2.75) is 26.2 Å². The van der Waals surface area contributed by atoms with Gasteiger partial charge in [-0.25, -0.2) is 0 Å². The highest BCUT2D eigenvalue weighted by atomic mass is 15.1. The van der Waals surface area contributed by atoms with Crippen LogP contribution in [0.5, 0.6) is 0 Å². The molecule has 3 rings (SSSR count). The molecule has 1 aromatic carbocycles. The van der Waals surface area contributed by atoms with Crippen molar-refractivity contribution in [2.24, 2.45) is 0 Å². The average molecular weight is 271 g/mol. The molecule has 0 amide bonds. The normalized spacial score (nSPS) is 17.4. The fourth-order valence-corrected chi connectivity index (χ4v) is 3.26. The first kappa shape index (κ1) is 13.7. The van der Waals surface area contributed by atoms with E-state index in [-0.39, 0.29) is 0 Å². The summed E-state index contributed by atoms with van der Waals surface area (Å²) < 4.78 is 0. The lowest BCUT2D eigenvalue weighted by Crippen LogP contribution is -2.29. The van der Waals surface area contributed by atoms with E-state index in [1.807, 2.05) is 0 Å². The molecule has 1 aliphatic rings. The molecule has 1 aliphatic heterocycles. The summed E-state index contributed by atoms with van der Waals surface area (Å²) in [5.74, 6) is 0. The zero-order valence-electron chi connectivity index (χ0n) is 12.4. The van der Waals surface area contributed by atoms with Crippen molar-refractivity contribution in [2.75, 3.05) is 32.7 Å². The first-order chi connectivity index (χ1) is 9.84. The quantitative estimate of drug-likeness (QED) is 0.896. The molecule has 2 aromatic rings. The number of para-hydroxylation sites is 1. The minimum Gasteiger partial charge on any atom is -0.358 e. The Balaban J connectivity index is 1.60. The molecule has 0 radical (unpaired) electrons. The Hall–Kier alpha value is -1.32. The summed E-state index contributed by atoms with van der Waals surface area (Å²) in [7, 11) is 0. The third kappa shape index (κ3) is 3.05. The number of hydrogen-bond acceptors (Lipinski definition) is 2. The summed E-state index contributed by atoms with van der Waals surface area (Å²) in [5.41, 5.74) is 4.12. The summed E-state index contributed by atoms with van der Waals surface area (Å²) >= 11 is 0. The molecule has 3 nitrogen and oxygen atoms in total.